The highest BCUT2D eigenvalue weighted by molar-refractivity contribution is 5.88. The number of benzene rings is 2. The van der Waals surface area contributed by atoms with Crippen LogP contribution in [0.4, 0.5) is 0 Å². The molecule has 0 aromatic heterocycles. The SMILES string of the molecule is CC(CO)(COc1cccc2ccccc12)NC1CC1. The summed E-state index contributed by atoms with van der Waals surface area (Å²) in [5.74, 6) is 0.875. The predicted molar refractivity (Wildman–Crippen MR) is 81.1 cm³/mol. The first-order valence-electron chi connectivity index (χ1n) is 7.19. The highest BCUT2D eigenvalue weighted by atomic mass is 16.5. The lowest BCUT2D eigenvalue weighted by Crippen LogP contribution is -2.51. The van der Waals surface area contributed by atoms with Crippen LogP contribution in [0.1, 0.15) is 19.8 Å². The molecule has 2 N–H and O–H groups in total. The van der Waals surface area contributed by atoms with Gasteiger partial charge in [-0.2, -0.15) is 0 Å². The molecule has 1 unspecified atom stereocenters. The van der Waals surface area contributed by atoms with Gasteiger partial charge in [-0.3, -0.25) is 0 Å². The summed E-state index contributed by atoms with van der Waals surface area (Å²) >= 11 is 0. The maximum atomic E-state index is 9.61. The van der Waals surface area contributed by atoms with E-state index in [-0.39, 0.29) is 12.1 Å². The van der Waals surface area contributed by atoms with Crippen molar-refractivity contribution in [1.82, 2.24) is 5.32 Å². The molecule has 0 bridgehead atoms. The largest absolute Gasteiger partial charge is 0.491 e. The molecule has 1 atom stereocenters. The van der Waals surface area contributed by atoms with E-state index in [2.05, 4.69) is 23.5 Å². The molecule has 1 aliphatic rings. The standard InChI is InChI=1S/C17H21NO2/c1-17(11-19,18-14-9-10-14)12-20-16-8-4-6-13-5-2-3-7-15(13)16/h2-8,14,18-19H,9-12H2,1H3. The number of hydrogen-bond donors (Lipinski definition) is 2. The van der Waals surface area contributed by atoms with Crippen LogP contribution in [0.3, 0.4) is 0 Å². The smallest absolute Gasteiger partial charge is 0.127 e. The topological polar surface area (TPSA) is 41.5 Å². The van der Waals surface area contributed by atoms with Crippen molar-refractivity contribution >= 4 is 10.8 Å². The van der Waals surface area contributed by atoms with Gasteiger partial charge in [-0.05, 0) is 31.2 Å². The number of fused-ring (bicyclic) bond motifs is 1. The average Bonchev–Trinajstić information content (AvgIpc) is 3.29. The second-order valence-electron chi connectivity index (χ2n) is 5.90. The lowest BCUT2D eigenvalue weighted by Gasteiger charge is -2.29. The van der Waals surface area contributed by atoms with E-state index >= 15 is 0 Å². The molecule has 0 heterocycles. The molecule has 0 aliphatic heterocycles. The van der Waals surface area contributed by atoms with Gasteiger partial charge in [0, 0.05) is 11.4 Å². The minimum absolute atomic E-state index is 0.0776. The molecule has 0 saturated heterocycles. The van der Waals surface area contributed by atoms with Gasteiger partial charge >= 0.3 is 0 Å². The number of aliphatic hydroxyl groups excluding tert-OH is 1. The average molecular weight is 271 g/mol. The molecule has 0 spiro atoms. The summed E-state index contributed by atoms with van der Waals surface area (Å²) in [6, 6.07) is 14.8. The minimum Gasteiger partial charge on any atom is -0.491 e. The summed E-state index contributed by atoms with van der Waals surface area (Å²) in [6.07, 6.45) is 2.40. The van der Waals surface area contributed by atoms with Crippen molar-refractivity contribution in [3.8, 4) is 5.75 Å². The van der Waals surface area contributed by atoms with Crippen LogP contribution in [0.5, 0.6) is 5.75 Å². The molecule has 0 amide bonds. The van der Waals surface area contributed by atoms with Gasteiger partial charge in [0.25, 0.3) is 0 Å². The van der Waals surface area contributed by atoms with Gasteiger partial charge in [-0.15, -0.1) is 0 Å². The van der Waals surface area contributed by atoms with E-state index < -0.39 is 0 Å². The first kappa shape index (κ1) is 13.4. The van der Waals surface area contributed by atoms with Crippen molar-refractivity contribution in [1.29, 1.82) is 0 Å². The number of aliphatic hydroxyl groups is 1. The Morgan fingerprint density at radius 1 is 1.20 bits per heavy atom. The van der Waals surface area contributed by atoms with Crippen molar-refractivity contribution in [3.05, 3.63) is 42.5 Å². The Morgan fingerprint density at radius 3 is 2.70 bits per heavy atom. The molecule has 3 rings (SSSR count). The molecule has 0 radical (unpaired) electrons. The van der Waals surface area contributed by atoms with Crippen LogP contribution in [0.25, 0.3) is 10.8 Å². The van der Waals surface area contributed by atoms with E-state index in [0.717, 1.165) is 11.1 Å². The summed E-state index contributed by atoms with van der Waals surface area (Å²) in [4.78, 5) is 0. The van der Waals surface area contributed by atoms with Crippen LogP contribution >= 0.6 is 0 Å². The molecule has 1 aliphatic carbocycles. The third kappa shape index (κ3) is 2.94. The number of rotatable bonds is 6. The highest BCUT2D eigenvalue weighted by Crippen LogP contribution is 2.27. The first-order chi connectivity index (χ1) is 9.70. The van der Waals surface area contributed by atoms with Gasteiger partial charge in [0.15, 0.2) is 0 Å². The molecule has 3 nitrogen and oxygen atoms in total. The molecule has 3 heteroatoms. The maximum absolute atomic E-state index is 9.61. The normalized spacial score (nSPS) is 17.9. The van der Waals surface area contributed by atoms with Crippen LogP contribution in [0.2, 0.25) is 0 Å². The number of ether oxygens (including phenoxy) is 1. The van der Waals surface area contributed by atoms with Crippen LogP contribution in [-0.4, -0.2) is 29.9 Å². The Morgan fingerprint density at radius 2 is 1.95 bits per heavy atom. The Bertz CT molecular complexity index is 589. The second kappa shape index (κ2) is 5.43. The molecule has 1 fully saturated rings. The summed E-state index contributed by atoms with van der Waals surface area (Å²) < 4.78 is 5.98. The summed E-state index contributed by atoms with van der Waals surface area (Å²) in [7, 11) is 0. The van der Waals surface area contributed by atoms with Crippen molar-refractivity contribution in [2.24, 2.45) is 0 Å². The van der Waals surface area contributed by atoms with E-state index in [1.54, 1.807) is 0 Å². The maximum Gasteiger partial charge on any atom is 0.127 e. The Labute approximate surface area is 119 Å². The Balaban J connectivity index is 1.75. The van der Waals surface area contributed by atoms with E-state index in [0.29, 0.717) is 12.6 Å². The third-order valence-corrected chi connectivity index (χ3v) is 3.77. The molecule has 2 aromatic rings. The highest BCUT2D eigenvalue weighted by Gasteiger charge is 2.32. The predicted octanol–water partition coefficient (Wildman–Crippen LogP) is 2.72. The van der Waals surface area contributed by atoms with E-state index in [9.17, 15) is 5.11 Å². The van der Waals surface area contributed by atoms with E-state index in [1.165, 1.54) is 18.2 Å². The zero-order valence-electron chi connectivity index (χ0n) is 11.8. The van der Waals surface area contributed by atoms with Crippen LogP contribution in [-0.2, 0) is 0 Å². The van der Waals surface area contributed by atoms with Gasteiger partial charge in [-0.25, -0.2) is 0 Å². The second-order valence-corrected chi connectivity index (χ2v) is 5.90. The van der Waals surface area contributed by atoms with Crippen molar-refractivity contribution in [3.63, 3.8) is 0 Å². The monoisotopic (exact) mass is 271 g/mol. The molecule has 2 aromatic carbocycles. The minimum atomic E-state index is -0.377. The number of nitrogens with one attached hydrogen (secondary N) is 1. The third-order valence-electron chi connectivity index (χ3n) is 3.77. The van der Waals surface area contributed by atoms with Crippen LogP contribution in [0, 0.1) is 0 Å². The summed E-state index contributed by atoms with van der Waals surface area (Å²) in [6.45, 7) is 2.55. The van der Waals surface area contributed by atoms with Gasteiger partial charge in [0.2, 0.25) is 0 Å². The van der Waals surface area contributed by atoms with Gasteiger partial charge in [-0.1, -0.05) is 36.4 Å². The lowest BCUT2D eigenvalue weighted by molar-refractivity contribution is 0.115. The number of hydrogen-bond acceptors (Lipinski definition) is 3. The summed E-state index contributed by atoms with van der Waals surface area (Å²) in [5, 5.41) is 15.4. The zero-order valence-corrected chi connectivity index (χ0v) is 11.8. The summed E-state index contributed by atoms with van der Waals surface area (Å²) in [5.41, 5.74) is -0.377. The fraction of sp³-hybridized carbons (Fsp3) is 0.412. The van der Waals surface area contributed by atoms with E-state index in [1.807, 2.05) is 31.2 Å². The fourth-order valence-corrected chi connectivity index (χ4v) is 2.41. The van der Waals surface area contributed by atoms with Crippen molar-refractivity contribution in [2.75, 3.05) is 13.2 Å². The molecule has 20 heavy (non-hydrogen) atoms. The molecule has 106 valence electrons. The Hall–Kier alpha value is -1.58. The van der Waals surface area contributed by atoms with Gasteiger partial charge in [0.1, 0.15) is 12.4 Å². The molecular weight excluding hydrogens is 250 g/mol. The van der Waals surface area contributed by atoms with Gasteiger partial charge < -0.3 is 15.2 Å². The van der Waals surface area contributed by atoms with Crippen LogP contribution in [0.15, 0.2) is 42.5 Å². The van der Waals surface area contributed by atoms with Gasteiger partial charge in [0.05, 0.1) is 12.1 Å². The fourth-order valence-electron chi connectivity index (χ4n) is 2.41. The molecular formula is C17H21NO2. The van der Waals surface area contributed by atoms with Crippen molar-refractivity contribution < 1.29 is 9.84 Å². The Kier molecular flexibility index (Phi) is 3.64. The van der Waals surface area contributed by atoms with Crippen LogP contribution < -0.4 is 10.1 Å². The quantitative estimate of drug-likeness (QED) is 0.849. The van der Waals surface area contributed by atoms with E-state index in [4.69, 9.17) is 4.74 Å². The molecule has 1 saturated carbocycles. The first-order valence-corrected chi connectivity index (χ1v) is 7.19. The zero-order chi connectivity index (χ0) is 14.0. The lowest BCUT2D eigenvalue weighted by atomic mass is 10.1. The van der Waals surface area contributed by atoms with Crippen molar-refractivity contribution in [2.45, 2.75) is 31.3 Å².